The molecular formula is C17H20ClN5O5S. The summed E-state index contributed by atoms with van der Waals surface area (Å²) >= 11 is 6.67. The standard InChI is InChI=1S/C17H20ClN5O5S/c1-3-8-13(18)21-14(19-8)16(26)20-9-4-5-23(7-10(9)28-2)12(24)6-11-15(25)22-17(27)29-11/h6,9-10H,3-5,7H2,1-2H3,(H,19,21)(H,20,26)(H,22,25,27)/b11-6-/t9-,10+/m0/s1. The molecular weight excluding hydrogens is 422 g/mol. The topological polar surface area (TPSA) is 133 Å². The molecule has 0 aromatic carbocycles. The quantitative estimate of drug-likeness (QED) is 0.576. The number of thioether (sulfide) groups is 1. The number of aromatic amines is 1. The third-order valence-corrected chi connectivity index (χ3v) is 5.81. The Balaban J connectivity index is 1.62. The van der Waals surface area contributed by atoms with E-state index in [4.69, 9.17) is 16.3 Å². The molecule has 29 heavy (non-hydrogen) atoms. The second kappa shape index (κ2) is 8.97. The lowest BCUT2D eigenvalue weighted by atomic mass is 10.0. The smallest absolute Gasteiger partial charge is 0.290 e. The van der Waals surface area contributed by atoms with Crippen LogP contribution in [0.5, 0.6) is 0 Å². The van der Waals surface area contributed by atoms with Crippen LogP contribution in [0.25, 0.3) is 0 Å². The molecule has 10 nitrogen and oxygen atoms in total. The zero-order valence-electron chi connectivity index (χ0n) is 15.8. The number of imidazole rings is 1. The molecule has 4 amide bonds. The van der Waals surface area contributed by atoms with Crippen LogP contribution < -0.4 is 10.6 Å². The number of hydrogen-bond donors (Lipinski definition) is 3. The van der Waals surface area contributed by atoms with Crippen molar-refractivity contribution in [3.05, 3.63) is 27.7 Å². The predicted molar refractivity (Wildman–Crippen MR) is 105 cm³/mol. The number of hydrogen-bond acceptors (Lipinski definition) is 7. The van der Waals surface area contributed by atoms with Gasteiger partial charge in [0, 0.05) is 26.3 Å². The van der Waals surface area contributed by atoms with Crippen molar-refractivity contribution in [1.82, 2.24) is 25.5 Å². The van der Waals surface area contributed by atoms with E-state index >= 15 is 0 Å². The fourth-order valence-electron chi connectivity index (χ4n) is 3.11. The number of methoxy groups -OCH3 is 1. The molecule has 2 aliphatic heterocycles. The van der Waals surface area contributed by atoms with Gasteiger partial charge in [-0.15, -0.1) is 0 Å². The van der Waals surface area contributed by atoms with E-state index in [9.17, 15) is 19.2 Å². The molecule has 0 spiro atoms. The summed E-state index contributed by atoms with van der Waals surface area (Å²) in [5.74, 6) is -1.26. The molecule has 0 aliphatic carbocycles. The van der Waals surface area contributed by atoms with E-state index in [1.807, 2.05) is 6.92 Å². The number of aryl methyl sites for hydroxylation is 1. The number of aromatic nitrogens is 2. The molecule has 3 heterocycles. The van der Waals surface area contributed by atoms with Gasteiger partial charge in [-0.1, -0.05) is 18.5 Å². The molecule has 2 aliphatic rings. The highest BCUT2D eigenvalue weighted by molar-refractivity contribution is 8.18. The zero-order valence-corrected chi connectivity index (χ0v) is 17.4. The summed E-state index contributed by atoms with van der Waals surface area (Å²) in [6, 6.07) is -0.330. The van der Waals surface area contributed by atoms with Crippen molar-refractivity contribution < 1.29 is 23.9 Å². The molecule has 0 saturated carbocycles. The van der Waals surface area contributed by atoms with Crippen molar-refractivity contribution in [2.45, 2.75) is 31.9 Å². The number of ether oxygens (including phenoxy) is 1. The Hall–Kier alpha value is -2.37. The number of imide groups is 1. The average Bonchev–Trinajstić information content (AvgIpc) is 3.22. The van der Waals surface area contributed by atoms with Gasteiger partial charge >= 0.3 is 0 Å². The lowest BCUT2D eigenvalue weighted by Crippen LogP contribution is -2.56. The van der Waals surface area contributed by atoms with E-state index in [0.717, 1.165) is 6.08 Å². The molecule has 2 atom stereocenters. The van der Waals surface area contributed by atoms with E-state index in [2.05, 4.69) is 20.6 Å². The number of carbonyl (C=O) groups excluding carboxylic acids is 4. The number of nitrogens with zero attached hydrogens (tertiary/aromatic N) is 2. The second-order valence-corrected chi connectivity index (χ2v) is 7.86. The number of piperidine rings is 1. The monoisotopic (exact) mass is 441 g/mol. The van der Waals surface area contributed by atoms with Crippen molar-refractivity contribution >= 4 is 46.3 Å². The van der Waals surface area contributed by atoms with Gasteiger partial charge in [0.1, 0.15) is 0 Å². The summed E-state index contributed by atoms with van der Waals surface area (Å²) in [6.45, 7) is 2.48. The van der Waals surface area contributed by atoms with Crippen molar-refractivity contribution in [3.8, 4) is 0 Å². The maximum absolute atomic E-state index is 12.5. The van der Waals surface area contributed by atoms with Gasteiger partial charge in [-0.05, 0) is 24.6 Å². The average molecular weight is 442 g/mol. The summed E-state index contributed by atoms with van der Waals surface area (Å²) in [5, 5.41) is 4.73. The summed E-state index contributed by atoms with van der Waals surface area (Å²) in [7, 11) is 1.49. The first-order valence-corrected chi connectivity index (χ1v) is 10.1. The predicted octanol–water partition coefficient (Wildman–Crippen LogP) is 0.838. The van der Waals surface area contributed by atoms with Crippen molar-refractivity contribution in [1.29, 1.82) is 0 Å². The molecule has 1 aromatic heterocycles. The number of likely N-dealkylation sites (tertiary alicyclic amines) is 1. The maximum atomic E-state index is 12.5. The molecule has 0 unspecified atom stereocenters. The Kier molecular flexibility index (Phi) is 6.60. The van der Waals surface area contributed by atoms with Crippen LogP contribution in [0.3, 0.4) is 0 Å². The highest BCUT2D eigenvalue weighted by atomic mass is 35.5. The maximum Gasteiger partial charge on any atom is 0.290 e. The van der Waals surface area contributed by atoms with Crippen LogP contribution in [-0.2, 0) is 20.7 Å². The third kappa shape index (κ3) is 4.80. The van der Waals surface area contributed by atoms with Gasteiger partial charge < -0.3 is 19.9 Å². The summed E-state index contributed by atoms with van der Waals surface area (Å²) in [5.41, 5.74) is 0.681. The molecule has 156 valence electrons. The number of carbonyl (C=O) groups is 4. The minimum Gasteiger partial charge on any atom is -0.377 e. The van der Waals surface area contributed by atoms with E-state index in [0.29, 0.717) is 36.8 Å². The molecule has 12 heteroatoms. The Morgan fingerprint density at radius 1 is 1.45 bits per heavy atom. The first-order chi connectivity index (χ1) is 13.8. The fourth-order valence-corrected chi connectivity index (χ4v) is 4.02. The number of amides is 4. The van der Waals surface area contributed by atoms with Gasteiger partial charge in [-0.25, -0.2) is 4.98 Å². The lowest BCUT2D eigenvalue weighted by molar-refractivity contribution is -0.130. The molecule has 0 bridgehead atoms. The van der Waals surface area contributed by atoms with E-state index in [1.54, 1.807) is 0 Å². The first-order valence-electron chi connectivity index (χ1n) is 8.94. The normalized spacial score (nSPS) is 23.4. The fraction of sp³-hybridized carbons (Fsp3) is 0.471. The SMILES string of the molecule is CCc1[nH]c(C(=O)N[C@H]2CCN(C(=O)/C=C3\SC(=O)NC3=O)C[C@H]2OC)nc1Cl. The second-order valence-electron chi connectivity index (χ2n) is 6.49. The van der Waals surface area contributed by atoms with Crippen LogP contribution in [0.2, 0.25) is 5.15 Å². The summed E-state index contributed by atoms with van der Waals surface area (Å²) in [4.78, 5) is 56.2. The molecule has 0 radical (unpaired) electrons. The van der Waals surface area contributed by atoms with E-state index in [-0.39, 0.29) is 28.5 Å². The van der Waals surface area contributed by atoms with Gasteiger partial charge in [0.15, 0.2) is 11.0 Å². The molecule has 3 N–H and O–H groups in total. The molecule has 1 aromatic rings. The number of rotatable bonds is 5. The summed E-state index contributed by atoms with van der Waals surface area (Å²) < 4.78 is 5.45. The van der Waals surface area contributed by atoms with Crippen molar-refractivity contribution in [2.24, 2.45) is 0 Å². The van der Waals surface area contributed by atoms with Gasteiger partial charge in [0.25, 0.3) is 17.1 Å². The Bertz CT molecular complexity index is 886. The minimum atomic E-state index is -0.581. The Labute approximate surface area is 175 Å². The Morgan fingerprint density at radius 2 is 2.21 bits per heavy atom. The number of nitrogens with one attached hydrogen (secondary N) is 3. The van der Waals surface area contributed by atoms with Crippen molar-refractivity contribution in [2.75, 3.05) is 20.2 Å². The van der Waals surface area contributed by atoms with Crippen LogP contribution >= 0.6 is 23.4 Å². The van der Waals surface area contributed by atoms with Gasteiger partial charge in [-0.2, -0.15) is 0 Å². The number of halogens is 1. The summed E-state index contributed by atoms with van der Waals surface area (Å²) in [6.07, 6.45) is 1.77. The van der Waals surface area contributed by atoms with Gasteiger partial charge in [0.2, 0.25) is 5.91 Å². The minimum absolute atomic E-state index is 0.0609. The van der Waals surface area contributed by atoms with Crippen LogP contribution in [0, 0.1) is 0 Å². The van der Waals surface area contributed by atoms with Crippen LogP contribution in [0.15, 0.2) is 11.0 Å². The van der Waals surface area contributed by atoms with Crippen LogP contribution in [0.4, 0.5) is 4.79 Å². The van der Waals surface area contributed by atoms with Gasteiger partial charge in [0.05, 0.1) is 22.7 Å². The van der Waals surface area contributed by atoms with Crippen LogP contribution in [-0.4, -0.2) is 70.2 Å². The van der Waals surface area contributed by atoms with E-state index < -0.39 is 29.1 Å². The van der Waals surface area contributed by atoms with Crippen LogP contribution in [0.1, 0.15) is 29.7 Å². The first kappa shape index (κ1) is 21.3. The highest BCUT2D eigenvalue weighted by Crippen LogP contribution is 2.24. The molecule has 3 rings (SSSR count). The van der Waals surface area contributed by atoms with E-state index in [1.165, 1.54) is 12.0 Å². The third-order valence-electron chi connectivity index (χ3n) is 4.68. The largest absolute Gasteiger partial charge is 0.377 e. The lowest BCUT2D eigenvalue weighted by Gasteiger charge is -2.37. The highest BCUT2D eigenvalue weighted by Gasteiger charge is 2.34. The molecule has 2 saturated heterocycles. The van der Waals surface area contributed by atoms with Gasteiger partial charge in [-0.3, -0.25) is 24.5 Å². The van der Waals surface area contributed by atoms with Crippen molar-refractivity contribution in [3.63, 3.8) is 0 Å². The molecule has 2 fully saturated rings. The Morgan fingerprint density at radius 3 is 2.79 bits per heavy atom. The zero-order chi connectivity index (χ0) is 21.1. The number of H-pyrrole nitrogens is 1.